The van der Waals surface area contributed by atoms with Gasteiger partial charge in [-0.05, 0) is 33.1 Å². The van der Waals surface area contributed by atoms with Gasteiger partial charge < -0.3 is 15.7 Å². The van der Waals surface area contributed by atoms with Gasteiger partial charge in [-0.2, -0.15) is 0 Å². The first-order valence-electron chi connectivity index (χ1n) is 7.91. The van der Waals surface area contributed by atoms with Crippen LogP contribution in [0.3, 0.4) is 0 Å². The summed E-state index contributed by atoms with van der Waals surface area (Å²) in [5, 5.41) is 15.5. The van der Waals surface area contributed by atoms with E-state index in [4.69, 9.17) is 5.11 Å². The largest absolute Gasteiger partial charge is 0.481 e. The summed E-state index contributed by atoms with van der Waals surface area (Å²) >= 11 is 0. The number of rotatable bonds is 4. The first kappa shape index (κ1) is 16.2. The van der Waals surface area contributed by atoms with Crippen LogP contribution in [0.4, 0.5) is 0 Å². The van der Waals surface area contributed by atoms with Crippen molar-refractivity contribution in [3.05, 3.63) is 0 Å². The molecule has 6 heteroatoms. The molecule has 0 aromatic rings. The first-order valence-corrected chi connectivity index (χ1v) is 7.91. The van der Waals surface area contributed by atoms with Gasteiger partial charge in [0.05, 0.1) is 11.5 Å². The lowest BCUT2D eigenvalue weighted by atomic mass is 9.85. The Labute approximate surface area is 126 Å². The second-order valence-corrected chi connectivity index (χ2v) is 6.67. The minimum Gasteiger partial charge on any atom is -0.481 e. The number of nitrogens with zero attached hydrogens (tertiary/aromatic N) is 1. The number of nitrogens with one attached hydrogen (secondary N) is 2. The van der Waals surface area contributed by atoms with Crippen LogP contribution in [0.1, 0.15) is 39.5 Å². The fourth-order valence-corrected chi connectivity index (χ4v) is 3.27. The topological polar surface area (TPSA) is 81.7 Å². The van der Waals surface area contributed by atoms with Crippen molar-refractivity contribution in [2.24, 2.45) is 5.92 Å². The lowest BCUT2D eigenvalue weighted by Gasteiger charge is -2.41. The van der Waals surface area contributed by atoms with Crippen LogP contribution in [0, 0.1) is 5.92 Å². The molecule has 2 unspecified atom stereocenters. The fourth-order valence-electron chi connectivity index (χ4n) is 3.27. The number of hydrogen-bond donors (Lipinski definition) is 3. The lowest BCUT2D eigenvalue weighted by Crippen LogP contribution is -2.61. The van der Waals surface area contributed by atoms with Crippen molar-refractivity contribution in [1.29, 1.82) is 0 Å². The molecule has 0 aromatic heterocycles. The summed E-state index contributed by atoms with van der Waals surface area (Å²) in [5.41, 5.74) is -0.543. The molecule has 1 amide bonds. The van der Waals surface area contributed by atoms with Crippen molar-refractivity contribution < 1.29 is 14.7 Å². The number of carboxylic acid groups (broad SMARTS) is 1. The third-order valence-electron chi connectivity index (χ3n) is 4.82. The van der Waals surface area contributed by atoms with Crippen LogP contribution in [0.2, 0.25) is 0 Å². The van der Waals surface area contributed by atoms with E-state index in [0.29, 0.717) is 6.42 Å². The zero-order valence-electron chi connectivity index (χ0n) is 13.0. The smallest absolute Gasteiger partial charge is 0.306 e. The molecule has 6 nitrogen and oxygen atoms in total. The van der Waals surface area contributed by atoms with Crippen LogP contribution < -0.4 is 10.6 Å². The summed E-state index contributed by atoms with van der Waals surface area (Å²) in [5.74, 6) is -1.04. The molecule has 1 saturated carbocycles. The molecule has 0 bridgehead atoms. The van der Waals surface area contributed by atoms with E-state index in [-0.39, 0.29) is 17.9 Å². The van der Waals surface area contributed by atoms with E-state index in [0.717, 1.165) is 45.4 Å². The van der Waals surface area contributed by atoms with Gasteiger partial charge in [-0.25, -0.2) is 0 Å². The second kappa shape index (κ2) is 6.75. The Morgan fingerprint density at radius 3 is 2.52 bits per heavy atom. The van der Waals surface area contributed by atoms with Gasteiger partial charge in [-0.3, -0.25) is 14.5 Å². The van der Waals surface area contributed by atoms with Crippen molar-refractivity contribution in [3.63, 3.8) is 0 Å². The Morgan fingerprint density at radius 1 is 1.24 bits per heavy atom. The summed E-state index contributed by atoms with van der Waals surface area (Å²) in [4.78, 5) is 25.9. The SMILES string of the molecule is CC(C)(C(=O)NC1CCCC(C(=O)O)C1)N1CCNCC1. The average Bonchev–Trinajstić information content (AvgIpc) is 2.48. The van der Waals surface area contributed by atoms with Crippen LogP contribution in [0.15, 0.2) is 0 Å². The molecule has 1 heterocycles. The molecule has 0 radical (unpaired) electrons. The molecule has 2 rings (SSSR count). The van der Waals surface area contributed by atoms with E-state index in [2.05, 4.69) is 15.5 Å². The number of hydrogen-bond acceptors (Lipinski definition) is 4. The standard InChI is InChI=1S/C15H27N3O3/c1-15(2,18-8-6-16-7-9-18)14(21)17-12-5-3-4-11(10-12)13(19)20/h11-12,16H,3-10H2,1-2H3,(H,17,21)(H,19,20). The summed E-state index contributed by atoms with van der Waals surface area (Å²) < 4.78 is 0. The van der Waals surface area contributed by atoms with Crippen LogP contribution in [-0.4, -0.2) is 59.6 Å². The quantitative estimate of drug-likeness (QED) is 0.701. The number of amides is 1. The molecule has 0 spiro atoms. The molecule has 1 aliphatic heterocycles. The summed E-state index contributed by atoms with van der Waals surface area (Å²) in [6.45, 7) is 7.43. The highest BCUT2D eigenvalue weighted by Crippen LogP contribution is 2.25. The summed E-state index contributed by atoms with van der Waals surface area (Å²) in [6.07, 6.45) is 3.03. The maximum absolute atomic E-state index is 12.6. The predicted octanol–water partition coefficient (Wildman–Crippen LogP) is 0.430. The minimum atomic E-state index is -0.740. The van der Waals surface area contributed by atoms with E-state index in [1.54, 1.807) is 0 Å². The van der Waals surface area contributed by atoms with Gasteiger partial charge in [0.2, 0.25) is 5.91 Å². The Balaban J connectivity index is 1.91. The van der Waals surface area contributed by atoms with Crippen LogP contribution in [0.5, 0.6) is 0 Å². The zero-order chi connectivity index (χ0) is 15.5. The molecule has 2 aliphatic rings. The lowest BCUT2D eigenvalue weighted by molar-refractivity contribution is -0.144. The number of carbonyl (C=O) groups is 2. The molecule has 1 aliphatic carbocycles. The van der Waals surface area contributed by atoms with E-state index in [1.165, 1.54) is 0 Å². The Morgan fingerprint density at radius 2 is 1.90 bits per heavy atom. The van der Waals surface area contributed by atoms with Crippen LogP contribution in [0.25, 0.3) is 0 Å². The predicted molar refractivity (Wildman–Crippen MR) is 80.0 cm³/mol. The number of carboxylic acids is 1. The first-order chi connectivity index (χ1) is 9.91. The highest BCUT2D eigenvalue weighted by molar-refractivity contribution is 5.85. The normalized spacial score (nSPS) is 28.1. The molecular formula is C15H27N3O3. The van der Waals surface area contributed by atoms with Crippen LogP contribution >= 0.6 is 0 Å². The maximum Gasteiger partial charge on any atom is 0.306 e. The van der Waals surface area contributed by atoms with Crippen LogP contribution in [-0.2, 0) is 9.59 Å². The van der Waals surface area contributed by atoms with Crippen molar-refractivity contribution in [1.82, 2.24) is 15.5 Å². The average molecular weight is 297 g/mol. The monoisotopic (exact) mass is 297 g/mol. The van der Waals surface area contributed by atoms with E-state index < -0.39 is 11.5 Å². The Hall–Kier alpha value is -1.14. The maximum atomic E-state index is 12.6. The minimum absolute atomic E-state index is 0.00506. The highest BCUT2D eigenvalue weighted by Gasteiger charge is 2.37. The molecule has 2 fully saturated rings. The van der Waals surface area contributed by atoms with Crippen molar-refractivity contribution in [2.45, 2.75) is 51.1 Å². The van der Waals surface area contributed by atoms with Gasteiger partial charge >= 0.3 is 5.97 Å². The summed E-state index contributed by atoms with van der Waals surface area (Å²) in [6, 6.07) is -0.00506. The molecule has 1 saturated heterocycles. The van der Waals surface area contributed by atoms with Gasteiger partial charge in [0.15, 0.2) is 0 Å². The van der Waals surface area contributed by atoms with Crippen molar-refractivity contribution in [3.8, 4) is 0 Å². The molecule has 2 atom stereocenters. The van der Waals surface area contributed by atoms with Gasteiger partial charge in [0.1, 0.15) is 0 Å². The number of piperazine rings is 1. The number of carbonyl (C=O) groups excluding carboxylic acids is 1. The van der Waals surface area contributed by atoms with E-state index in [9.17, 15) is 9.59 Å². The molecule has 120 valence electrons. The van der Waals surface area contributed by atoms with Gasteiger partial charge in [0, 0.05) is 32.2 Å². The van der Waals surface area contributed by atoms with Gasteiger partial charge in [0.25, 0.3) is 0 Å². The summed E-state index contributed by atoms with van der Waals surface area (Å²) in [7, 11) is 0. The Kier molecular flexibility index (Phi) is 5.22. The Bertz CT molecular complexity index is 392. The van der Waals surface area contributed by atoms with Crippen molar-refractivity contribution in [2.75, 3.05) is 26.2 Å². The van der Waals surface area contributed by atoms with E-state index in [1.807, 2.05) is 13.8 Å². The molecule has 21 heavy (non-hydrogen) atoms. The third-order valence-corrected chi connectivity index (χ3v) is 4.82. The van der Waals surface area contributed by atoms with E-state index >= 15 is 0 Å². The third kappa shape index (κ3) is 3.95. The number of aliphatic carboxylic acids is 1. The molecule has 0 aromatic carbocycles. The van der Waals surface area contributed by atoms with Gasteiger partial charge in [-0.15, -0.1) is 0 Å². The molecular weight excluding hydrogens is 270 g/mol. The van der Waals surface area contributed by atoms with Gasteiger partial charge in [-0.1, -0.05) is 6.42 Å². The highest BCUT2D eigenvalue weighted by atomic mass is 16.4. The zero-order valence-corrected chi connectivity index (χ0v) is 13.0. The second-order valence-electron chi connectivity index (χ2n) is 6.67. The fraction of sp³-hybridized carbons (Fsp3) is 0.867. The molecule has 3 N–H and O–H groups in total. The van der Waals surface area contributed by atoms with Crippen molar-refractivity contribution >= 4 is 11.9 Å².